The molecule has 2 amide bonds. The SMILES string of the molecule is C[C@H]1C[C@H](N2CCC(N3CCN(C)C3=O)CC2)C(=O)O1. The summed E-state index contributed by atoms with van der Waals surface area (Å²) in [6, 6.07) is 0.416. The molecule has 2 atom stereocenters. The van der Waals surface area contributed by atoms with E-state index in [4.69, 9.17) is 4.74 Å². The number of hydrogen-bond donors (Lipinski definition) is 0. The second kappa shape index (κ2) is 5.24. The van der Waals surface area contributed by atoms with Crippen LogP contribution in [0.2, 0.25) is 0 Å². The van der Waals surface area contributed by atoms with Crippen molar-refractivity contribution in [1.82, 2.24) is 14.7 Å². The highest BCUT2D eigenvalue weighted by Gasteiger charge is 2.40. The molecule has 0 aromatic heterocycles. The number of urea groups is 1. The summed E-state index contributed by atoms with van der Waals surface area (Å²) in [5.41, 5.74) is 0. The second-order valence-electron chi connectivity index (χ2n) is 6.16. The third kappa shape index (κ3) is 2.37. The van der Waals surface area contributed by atoms with Crippen LogP contribution in [0.1, 0.15) is 26.2 Å². The maximum atomic E-state index is 12.0. The van der Waals surface area contributed by atoms with Crippen LogP contribution in [0.25, 0.3) is 0 Å². The Balaban J connectivity index is 1.55. The molecule has 3 saturated heterocycles. The van der Waals surface area contributed by atoms with Crippen molar-refractivity contribution in [1.29, 1.82) is 0 Å². The van der Waals surface area contributed by atoms with Crippen molar-refractivity contribution in [3.05, 3.63) is 0 Å². The molecule has 0 aliphatic carbocycles. The van der Waals surface area contributed by atoms with Crippen LogP contribution in [0, 0.1) is 0 Å². The van der Waals surface area contributed by atoms with Gasteiger partial charge in [-0.2, -0.15) is 0 Å². The molecule has 3 aliphatic heterocycles. The van der Waals surface area contributed by atoms with Crippen LogP contribution in [0.5, 0.6) is 0 Å². The lowest BCUT2D eigenvalue weighted by Gasteiger charge is -2.37. The molecule has 0 unspecified atom stereocenters. The second-order valence-corrected chi connectivity index (χ2v) is 6.16. The molecule has 0 radical (unpaired) electrons. The van der Waals surface area contributed by atoms with Gasteiger partial charge in [0.25, 0.3) is 0 Å². The Bertz CT molecular complexity index is 396. The summed E-state index contributed by atoms with van der Waals surface area (Å²) in [4.78, 5) is 29.8. The third-order valence-corrected chi connectivity index (χ3v) is 4.77. The Labute approximate surface area is 119 Å². The number of ether oxygens (including phenoxy) is 1. The van der Waals surface area contributed by atoms with Gasteiger partial charge in [0.1, 0.15) is 12.1 Å². The molecule has 20 heavy (non-hydrogen) atoms. The molecule has 6 heteroatoms. The zero-order valence-electron chi connectivity index (χ0n) is 12.2. The minimum atomic E-state index is -0.0760. The number of esters is 1. The van der Waals surface area contributed by atoms with Crippen molar-refractivity contribution >= 4 is 12.0 Å². The maximum Gasteiger partial charge on any atom is 0.323 e. The number of cyclic esters (lactones) is 1. The number of hydrogen-bond acceptors (Lipinski definition) is 4. The Morgan fingerprint density at radius 3 is 2.30 bits per heavy atom. The lowest BCUT2D eigenvalue weighted by molar-refractivity contribution is -0.145. The van der Waals surface area contributed by atoms with E-state index in [0.29, 0.717) is 6.04 Å². The van der Waals surface area contributed by atoms with Crippen molar-refractivity contribution in [2.45, 2.75) is 44.4 Å². The topological polar surface area (TPSA) is 53.1 Å². The number of amides is 2. The van der Waals surface area contributed by atoms with Gasteiger partial charge in [-0.05, 0) is 19.8 Å². The Morgan fingerprint density at radius 2 is 1.80 bits per heavy atom. The molecular formula is C14H23N3O3. The zero-order chi connectivity index (χ0) is 14.3. The molecule has 112 valence electrons. The summed E-state index contributed by atoms with van der Waals surface area (Å²) in [6.45, 7) is 5.37. The highest BCUT2D eigenvalue weighted by atomic mass is 16.6. The molecular weight excluding hydrogens is 258 g/mol. The largest absolute Gasteiger partial charge is 0.461 e. The number of carbonyl (C=O) groups is 2. The average Bonchev–Trinajstić information content (AvgIpc) is 2.94. The predicted octanol–water partition coefficient (Wildman–Crippen LogP) is 0.522. The number of carbonyl (C=O) groups excluding carboxylic acids is 2. The van der Waals surface area contributed by atoms with E-state index in [1.54, 1.807) is 4.90 Å². The van der Waals surface area contributed by atoms with Gasteiger partial charge in [0, 0.05) is 45.7 Å². The van der Waals surface area contributed by atoms with Gasteiger partial charge < -0.3 is 14.5 Å². The average molecular weight is 281 g/mol. The standard InChI is InChI=1S/C14H23N3O3/c1-10-9-12(13(18)20-10)16-5-3-11(4-6-16)17-8-7-15(2)14(17)19/h10-12H,3-9H2,1-2H3/t10-,12-/m0/s1. The molecule has 0 aromatic rings. The zero-order valence-corrected chi connectivity index (χ0v) is 12.2. The fourth-order valence-corrected chi connectivity index (χ4v) is 3.55. The molecule has 0 spiro atoms. The summed E-state index contributed by atoms with van der Waals surface area (Å²) in [5, 5.41) is 0. The van der Waals surface area contributed by atoms with E-state index in [-0.39, 0.29) is 24.1 Å². The Kier molecular flexibility index (Phi) is 3.58. The minimum Gasteiger partial charge on any atom is -0.461 e. The van der Waals surface area contributed by atoms with Crippen molar-refractivity contribution in [2.24, 2.45) is 0 Å². The molecule has 6 nitrogen and oxygen atoms in total. The van der Waals surface area contributed by atoms with Crippen LogP contribution in [-0.4, -0.2) is 78.1 Å². The Hall–Kier alpha value is -1.30. The molecule has 3 heterocycles. The fraction of sp³-hybridized carbons (Fsp3) is 0.857. The highest BCUT2D eigenvalue weighted by molar-refractivity contribution is 5.78. The van der Waals surface area contributed by atoms with Gasteiger partial charge >= 0.3 is 12.0 Å². The Morgan fingerprint density at radius 1 is 1.10 bits per heavy atom. The van der Waals surface area contributed by atoms with Crippen LogP contribution >= 0.6 is 0 Å². The van der Waals surface area contributed by atoms with Crippen LogP contribution in [0.4, 0.5) is 4.79 Å². The number of rotatable bonds is 2. The lowest BCUT2D eigenvalue weighted by atomic mass is 10.0. The molecule has 0 bridgehead atoms. The summed E-state index contributed by atoms with van der Waals surface area (Å²) in [7, 11) is 1.85. The first-order chi connectivity index (χ1) is 9.56. The smallest absolute Gasteiger partial charge is 0.323 e. The number of piperidine rings is 1. The molecule has 3 rings (SSSR count). The van der Waals surface area contributed by atoms with Crippen LogP contribution in [-0.2, 0) is 9.53 Å². The van der Waals surface area contributed by atoms with Crippen LogP contribution < -0.4 is 0 Å². The van der Waals surface area contributed by atoms with E-state index in [1.807, 2.05) is 18.9 Å². The van der Waals surface area contributed by atoms with E-state index < -0.39 is 0 Å². The van der Waals surface area contributed by atoms with Gasteiger partial charge in [-0.25, -0.2) is 4.79 Å². The summed E-state index contributed by atoms with van der Waals surface area (Å²) in [5.74, 6) is -0.0760. The van der Waals surface area contributed by atoms with Crippen molar-refractivity contribution in [3.63, 3.8) is 0 Å². The summed E-state index contributed by atoms with van der Waals surface area (Å²) < 4.78 is 5.23. The van der Waals surface area contributed by atoms with Crippen LogP contribution in [0.15, 0.2) is 0 Å². The first-order valence-electron chi connectivity index (χ1n) is 7.52. The first kappa shape index (κ1) is 13.7. The number of nitrogens with zero attached hydrogens (tertiary/aromatic N) is 3. The number of likely N-dealkylation sites (N-methyl/N-ethyl adjacent to an activating group) is 1. The van der Waals surface area contributed by atoms with Crippen molar-refractivity contribution in [2.75, 3.05) is 33.2 Å². The van der Waals surface area contributed by atoms with E-state index in [1.165, 1.54) is 0 Å². The first-order valence-corrected chi connectivity index (χ1v) is 7.52. The van der Waals surface area contributed by atoms with Gasteiger partial charge in [0.2, 0.25) is 0 Å². The summed E-state index contributed by atoms with van der Waals surface area (Å²) >= 11 is 0. The minimum absolute atomic E-state index is 0.0408. The van der Waals surface area contributed by atoms with Gasteiger partial charge in [0.15, 0.2) is 0 Å². The van der Waals surface area contributed by atoms with Gasteiger partial charge in [0.05, 0.1) is 0 Å². The van der Waals surface area contributed by atoms with Gasteiger partial charge in [-0.15, -0.1) is 0 Å². The lowest BCUT2D eigenvalue weighted by Crippen LogP contribution is -2.50. The van der Waals surface area contributed by atoms with E-state index in [9.17, 15) is 9.59 Å². The molecule has 0 saturated carbocycles. The fourth-order valence-electron chi connectivity index (χ4n) is 3.55. The molecule has 3 fully saturated rings. The van der Waals surface area contributed by atoms with Gasteiger partial charge in [-0.1, -0.05) is 0 Å². The molecule has 3 aliphatic rings. The van der Waals surface area contributed by atoms with E-state index >= 15 is 0 Å². The molecule has 0 aromatic carbocycles. The predicted molar refractivity (Wildman–Crippen MR) is 73.3 cm³/mol. The third-order valence-electron chi connectivity index (χ3n) is 4.77. The quantitative estimate of drug-likeness (QED) is 0.693. The van der Waals surface area contributed by atoms with Gasteiger partial charge in [-0.3, -0.25) is 9.69 Å². The van der Waals surface area contributed by atoms with Crippen LogP contribution in [0.3, 0.4) is 0 Å². The van der Waals surface area contributed by atoms with Crippen molar-refractivity contribution < 1.29 is 14.3 Å². The normalized spacial score (nSPS) is 33.1. The maximum absolute atomic E-state index is 12.0. The van der Waals surface area contributed by atoms with E-state index in [2.05, 4.69) is 4.90 Å². The summed E-state index contributed by atoms with van der Waals surface area (Å²) in [6.07, 6.45) is 2.75. The monoisotopic (exact) mass is 281 g/mol. The number of likely N-dealkylation sites (tertiary alicyclic amines) is 1. The van der Waals surface area contributed by atoms with E-state index in [0.717, 1.165) is 45.4 Å². The highest BCUT2D eigenvalue weighted by Crippen LogP contribution is 2.26. The van der Waals surface area contributed by atoms with Crippen molar-refractivity contribution in [3.8, 4) is 0 Å². The molecule has 0 N–H and O–H groups in total.